The van der Waals surface area contributed by atoms with E-state index in [2.05, 4.69) is 9.97 Å². The molecule has 0 saturated carbocycles. The molecule has 4 nitrogen and oxygen atoms in total. The molecular formula is C8H13N3O. The first-order valence-corrected chi connectivity index (χ1v) is 3.77. The van der Waals surface area contributed by atoms with E-state index in [1.165, 1.54) is 0 Å². The van der Waals surface area contributed by atoms with E-state index in [0.717, 1.165) is 5.69 Å². The van der Waals surface area contributed by atoms with Crippen molar-refractivity contribution in [1.29, 1.82) is 0 Å². The second-order valence-electron chi connectivity index (χ2n) is 2.67. The molecule has 0 aliphatic rings. The summed E-state index contributed by atoms with van der Waals surface area (Å²) in [5.74, 6) is 1.12. The number of nitrogens with zero attached hydrogens (tertiary/aromatic N) is 2. The van der Waals surface area contributed by atoms with Crippen molar-refractivity contribution in [2.45, 2.75) is 20.0 Å². The number of rotatable bonds is 2. The van der Waals surface area contributed by atoms with E-state index in [9.17, 15) is 0 Å². The van der Waals surface area contributed by atoms with Crippen molar-refractivity contribution < 1.29 is 4.74 Å². The molecule has 1 atom stereocenters. The second kappa shape index (κ2) is 3.49. The molecule has 2 N–H and O–H groups in total. The number of anilines is 1. The molecule has 0 amide bonds. The zero-order valence-electron chi connectivity index (χ0n) is 7.53. The van der Waals surface area contributed by atoms with Crippen LogP contribution in [0, 0.1) is 6.92 Å². The van der Waals surface area contributed by atoms with Gasteiger partial charge in [-0.25, -0.2) is 9.97 Å². The number of aryl methyl sites for hydroxylation is 1. The van der Waals surface area contributed by atoms with E-state index in [1.807, 2.05) is 13.8 Å². The van der Waals surface area contributed by atoms with Gasteiger partial charge < -0.3 is 10.5 Å². The monoisotopic (exact) mass is 167 g/mol. The molecule has 1 unspecified atom stereocenters. The molecule has 0 radical (unpaired) electrons. The Morgan fingerprint density at radius 2 is 2.17 bits per heavy atom. The van der Waals surface area contributed by atoms with E-state index in [0.29, 0.717) is 11.6 Å². The Morgan fingerprint density at radius 3 is 2.67 bits per heavy atom. The summed E-state index contributed by atoms with van der Waals surface area (Å²) in [5, 5.41) is 0. The molecule has 0 aliphatic heterocycles. The number of aromatic nitrogens is 2. The fourth-order valence-corrected chi connectivity index (χ4v) is 0.904. The van der Waals surface area contributed by atoms with Gasteiger partial charge in [-0.15, -0.1) is 0 Å². The van der Waals surface area contributed by atoms with Gasteiger partial charge in [-0.05, 0) is 13.8 Å². The molecule has 1 aromatic rings. The van der Waals surface area contributed by atoms with Crippen LogP contribution in [0.15, 0.2) is 6.07 Å². The zero-order chi connectivity index (χ0) is 9.14. The van der Waals surface area contributed by atoms with Gasteiger partial charge in [-0.3, -0.25) is 0 Å². The lowest BCUT2D eigenvalue weighted by Crippen LogP contribution is -2.06. The summed E-state index contributed by atoms with van der Waals surface area (Å²) in [6.07, 6.45) is -0.104. The summed E-state index contributed by atoms with van der Waals surface area (Å²) >= 11 is 0. The molecule has 12 heavy (non-hydrogen) atoms. The summed E-state index contributed by atoms with van der Waals surface area (Å²) in [6, 6.07) is 1.73. The molecule has 66 valence electrons. The van der Waals surface area contributed by atoms with Crippen LogP contribution in [0.25, 0.3) is 0 Å². The Labute approximate surface area is 71.8 Å². The van der Waals surface area contributed by atoms with Crippen LogP contribution in [0.5, 0.6) is 0 Å². The Morgan fingerprint density at radius 1 is 1.50 bits per heavy atom. The normalized spacial score (nSPS) is 12.9. The van der Waals surface area contributed by atoms with E-state index in [4.69, 9.17) is 10.5 Å². The molecule has 0 aromatic carbocycles. The molecule has 0 aliphatic carbocycles. The van der Waals surface area contributed by atoms with E-state index >= 15 is 0 Å². The van der Waals surface area contributed by atoms with Crippen LogP contribution < -0.4 is 5.73 Å². The number of nitrogen functional groups attached to an aromatic ring is 1. The highest BCUT2D eigenvalue weighted by molar-refractivity contribution is 5.29. The Balaban J connectivity index is 3.00. The predicted molar refractivity (Wildman–Crippen MR) is 46.6 cm³/mol. The van der Waals surface area contributed by atoms with Gasteiger partial charge in [0.1, 0.15) is 11.9 Å². The Bertz CT molecular complexity index is 255. The third-order valence-corrected chi connectivity index (χ3v) is 1.61. The van der Waals surface area contributed by atoms with Crippen LogP contribution >= 0.6 is 0 Å². The highest BCUT2D eigenvalue weighted by atomic mass is 16.5. The van der Waals surface area contributed by atoms with Gasteiger partial charge in [0.05, 0.1) is 0 Å². The lowest BCUT2D eigenvalue weighted by molar-refractivity contribution is 0.112. The molecule has 4 heteroatoms. The van der Waals surface area contributed by atoms with E-state index in [1.54, 1.807) is 13.2 Å². The Kier molecular flexibility index (Phi) is 2.60. The largest absolute Gasteiger partial charge is 0.384 e. The molecule has 0 bridgehead atoms. The van der Waals surface area contributed by atoms with E-state index < -0.39 is 0 Å². The van der Waals surface area contributed by atoms with Crippen LogP contribution in [-0.4, -0.2) is 17.1 Å². The Hall–Kier alpha value is -1.16. The summed E-state index contributed by atoms with van der Waals surface area (Å²) in [6.45, 7) is 3.76. The van der Waals surface area contributed by atoms with Crippen LogP contribution in [0.3, 0.4) is 0 Å². The third-order valence-electron chi connectivity index (χ3n) is 1.61. The molecule has 0 spiro atoms. The molecule has 0 saturated heterocycles. The van der Waals surface area contributed by atoms with Gasteiger partial charge >= 0.3 is 0 Å². The van der Waals surface area contributed by atoms with Crippen molar-refractivity contribution in [3.63, 3.8) is 0 Å². The minimum Gasteiger partial charge on any atom is -0.384 e. The molecule has 1 heterocycles. The van der Waals surface area contributed by atoms with Crippen molar-refractivity contribution >= 4 is 5.82 Å². The van der Waals surface area contributed by atoms with Gasteiger partial charge in [0.15, 0.2) is 5.82 Å². The smallest absolute Gasteiger partial charge is 0.159 e. The lowest BCUT2D eigenvalue weighted by atomic mass is 10.3. The SMILES string of the molecule is COC(C)c1nc(C)cc(N)n1. The van der Waals surface area contributed by atoms with Crippen molar-refractivity contribution in [3.8, 4) is 0 Å². The fourth-order valence-electron chi connectivity index (χ4n) is 0.904. The van der Waals surface area contributed by atoms with Crippen LogP contribution in [0.1, 0.15) is 24.5 Å². The van der Waals surface area contributed by atoms with Crippen LogP contribution in [0.2, 0.25) is 0 Å². The number of hydrogen-bond acceptors (Lipinski definition) is 4. The first-order chi connectivity index (χ1) is 5.63. The first kappa shape index (κ1) is 8.93. The quantitative estimate of drug-likeness (QED) is 0.715. The highest BCUT2D eigenvalue weighted by Gasteiger charge is 2.07. The maximum Gasteiger partial charge on any atom is 0.159 e. The number of methoxy groups -OCH3 is 1. The average Bonchev–Trinajstić information content (AvgIpc) is 2.01. The standard InChI is InChI=1S/C8H13N3O/c1-5-4-7(9)11-8(10-5)6(2)12-3/h4,6H,1-3H3,(H2,9,10,11). The highest BCUT2D eigenvalue weighted by Crippen LogP contribution is 2.12. The maximum absolute atomic E-state index is 5.55. The average molecular weight is 167 g/mol. The summed E-state index contributed by atoms with van der Waals surface area (Å²) in [4.78, 5) is 8.24. The predicted octanol–water partition coefficient (Wildman–Crippen LogP) is 1.07. The minimum absolute atomic E-state index is 0.104. The molecule has 1 rings (SSSR count). The lowest BCUT2D eigenvalue weighted by Gasteiger charge is -2.08. The van der Waals surface area contributed by atoms with Gasteiger partial charge in [-0.2, -0.15) is 0 Å². The van der Waals surface area contributed by atoms with E-state index in [-0.39, 0.29) is 6.10 Å². The van der Waals surface area contributed by atoms with Crippen molar-refractivity contribution in [3.05, 3.63) is 17.6 Å². The van der Waals surface area contributed by atoms with Crippen molar-refractivity contribution in [2.24, 2.45) is 0 Å². The summed E-state index contributed by atoms with van der Waals surface area (Å²) in [5.41, 5.74) is 6.41. The van der Waals surface area contributed by atoms with Crippen molar-refractivity contribution in [1.82, 2.24) is 9.97 Å². The topological polar surface area (TPSA) is 61.0 Å². The summed E-state index contributed by atoms with van der Waals surface area (Å²) < 4.78 is 5.07. The number of nitrogens with two attached hydrogens (primary N) is 1. The van der Waals surface area contributed by atoms with Gasteiger partial charge in [0.2, 0.25) is 0 Å². The third kappa shape index (κ3) is 1.92. The second-order valence-corrected chi connectivity index (χ2v) is 2.67. The van der Waals surface area contributed by atoms with Crippen molar-refractivity contribution in [2.75, 3.05) is 12.8 Å². The fraction of sp³-hybridized carbons (Fsp3) is 0.500. The van der Waals surface area contributed by atoms with Gasteiger partial charge in [0.25, 0.3) is 0 Å². The maximum atomic E-state index is 5.55. The first-order valence-electron chi connectivity index (χ1n) is 3.77. The van der Waals surface area contributed by atoms with Gasteiger partial charge in [0, 0.05) is 18.9 Å². The molecule has 1 aromatic heterocycles. The zero-order valence-corrected chi connectivity index (χ0v) is 7.53. The van der Waals surface area contributed by atoms with Gasteiger partial charge in [-0.1, -0.05) is 0 Å². The van der Waals surface area contributed by atoms with Crippen LogP contribution in [-0.2, 0) is 4.74 Å². The molecular weight excluding hydrogens is 154 g/mol. The van der Waals surface area contributed by atoms with Crippen LogP contribution in [0.4, 0.5) is 5.82 Å². The number of ether oxygens (including phenoxy) is 1. The molecule has 0 fully saturated rings. The number of hydrogen-bond donors (Lipinski definition) is 1. The summed E-state index contributed by atoms with van der Waals surface area (Å²) in [7, 11) is 1.62. The minimum atomic E-state index is -0.104.